The first-order chi connectivity index (χ1) is 9.66. The fourth-order valence-electron chi connectivity index (χ4n) is 2.15. The summed E-state index contributed by atoms with van der Waals surface area (Å²) in [7, 11) is 0. The number of fused-ring (bicyclic) bond motifs is 1. The van der Waals surface area contributed by atoms with Gasteiger partial charge in [0, 0.05) is 15.4 Å². The van der Waals surface area contributed by atoms with E-state index in [1.165, 1.54) is 0 Å². The van der Waals surface area contributed by atoms with E-state index in [4.69, 9.17) is 0 Å². The predicted molar refractivity (Wildman–Crippen MR) is 81.8 cm³/mol. The lowest BCUT2D eigenvalue weighted by Gasteiger charge is -2.08. The van der Waals surface area contributed by atoms with Crippen LogP contribution in [-0.4, -0.2) is 16.1 Å². The number of aromatic carboxylic acids is 1. The van der Waals surface area contributed by atoms with Gasteiger partial charge in [-0.25, -0.2) is 9.78 Å². The van der Waals surface area contributed by atoms with Gasteiger partial charge in [0.25, 0.3) is 0 Å². The van der Waals surface area contributed by atoms with Crippen LogP contribution in [0.3, 0.4) is 0 Å². The van der Waals surface area contributed by atoms with Crippen LogP contribution >= 0.6 is 15.9 Å². The smallest absolute Gasteiger partial charge is 0.336 e. The Balaban J connectivity index is 2.36. The number of aromatic nitrogens is 1. The summed E-state index contributed by atoms with van der Waals surface area (Å²) in [5.74, 6) is -0.951. The first-order valence-electron chi connectivity index (χ1n) is 6.05. The molecule has 4 heteroatoms. The number of benzene rings is 2. The summed E-state index contributed by atoms with van der Waals surface area (Å²) in [5.41, 5.74) is 2.47. The number of hydrogen-bond acceptors (Lipinski definition) is 2. The summed E-state index contributed by atoms with van der Waals surface area (Å²) in [6.07, 6.45) is 0. The molecule has 0 radical (unpaired) electrons. The summed E-state index contributed by atoms with van der Waals surface area (Å²) in [6, 6.07) is 16.6. The molecular formula is C16H10BrNO2. The molecule has 0 unspecified atom stereocenters. The van der Waals surface area contributed by atoms with Crippen LogP contribution in [0.15, 0.2) is 59.1 Å². The fraction of sp³-hybridized carbons (Fsp3) is 0. The molecule has 3 rings (SSSR count). The molecule has 20 heavy (non-hydrogen) atoms. The molecule has 0 aliphatic heterocycles. The maximum Gasteiger partial charge on any atom is 0.336 e. The molecule has 0 amide bonds. The second-order valence-electron chi connectivity index (χ2n) is 4.36. The second-order valence-corrected chi connectivity index (χ2v) is 5.22. The van der Waals surface area contributed by atoms with Crippen molar-refractivity contribution in [3.8, 4) is 11.3 Å². The Hall–Kier alpha value is -2.20. The van der Waals surface area contributed by atoms with Crippen molar-refractivity contribution >= 4 is 32.8 Å². The molecule has 0 aliphatic carbocycles. The number of carboxylic acid groups (broad SMARTS) is 1. The summed E-state index contributed by atoms with van der Waals surface area (Å²) >= 11 is 3.43. The Labute approximate surface area is 124 Å². The minimum absolute atomic E-state index is 0.259. The highest BCUT2D eigenvalue weighted by molar-refractivity contribution is 9.10. The molecule has 3 aromatic rings. The number of carboxylic acids is 1. The fourth-order valence-corrected chi connectivity index (χ4v) is 2.60. The molecule has 0 aliphatic rings. The first kappa shape index (κ1) is 12.8. The largest absolute Gasteiger partial charge is 0.478 e. The lowest BCUT2D eigenvalue weighted by Crippen LogP contribution is -2.00. The van der Waals surface area contributed by atoms with E-state index in [1.807, 2.05) is 42.5 Å². The summed E-state index contributed by atoms with van der Waals surface area (Å²) < 4.78 is 0.787. The average molecular weight is 328 g/mol. The average Bonchev–Trinajstić information content (AvgIpc) is 2.47. The molecule has 1 N–H and O–H groups in total. The standard InChI is InChI=1S/C16H10BrNO2/c17-13-8-4-7-11-12(16(19)20)9-14(18-15(11)13)10-5-2-1-3-6-10/h1-9H,(H,19,20). The Morgan fingerprint density at radius 3 is 2.50 bits per heavy atom. The van der Waals surface area contributed by atoms with E-state index in [0.717, 1.165) is 10.0 Å². The zero-order chi connectivity index (χ0) is 14.1. The minimum Gasteiger partial charge on any atom is -0.478 e. The molecule has 1 aromatic heterocycles. The highest BCUT2D eigenvalue weighted by Crippen LogP contribution is 2.29. The SMILES string of the molecule is O=C(O)c1cc(-c2ccccc2)nc2c(Br)cccc12. The van der Waals surface area contributed by atoms with E-state index in [2.05, 4.69) is 20.9 Å². The van der Waals surface area contributed by atoms with E-state index in [0.29, 0.717) is 16.6 Å². The Bertz CT molecular complexity index is 800. The Morgan fingerprint density at radius 1 is 1.05 bits per heavy atom. The Morgan fingerprint density at radius 2 is 1.80 bits per heavy atom. The van der Waals surface area contributed by atoms with Gasteiger partial charge in [-0.05, 0) is 28.1 Å². The van der Waals surface area contributed by atoms with Crippen LogP contribution in [0.25, 0.3) is 22.2 Å². The number of halogens is 1. The molecule has 98 valence electrons. The Kier molecular flexibility index (Phi) is 3.24. The molecule has 3 nitrogen and oxygen atoms in total. The van der Waals surface area contributed by atoms with Crippen LogP contribution in [-0.2, 0) is 0 Å². The van der Waals surface area contributed by atoms with Gasteiger partial charge in [-0.3, -0.25) is 0 Å². The van der Waals surface area contributed by atoms with Crippen LogP contribution in [0.1, 0.15) is 10.4 Å². The topological polar surface area (TPSA) is 50.2 Å². The van der Waals surface area contributed by atoms with Crippen LogP contribution in [0, 0.1) is 0 Å². The molecule has 0 spiro atoms. The highest BCUT2D eigenvalue weighted by atomic mass is 79.9. The number of pyridine rings is 1. The number of rotatable bonds is 2. The van der Waals surface area contributed by atoms with Crippen molar-refractivity contribution in [2.24, 2.45) is 0 Å². The van der Waals surface area contributed by atoms with E-state index in [9.17, 15) is 9.90 Å². The number of hydrogen-bond donors (Lipinski definition) is 1. The predicted octanol–water partition coefficient (Wildman–Crippen LogP) is 4.36. The third-order valence-corrected chi connectivity index (χ3v) is 3.73. The highest BCUT2D eigenvalue weighted by Gasteiger charge is 2.14. The van der Waals surface area contributed by atoms with E-state index < -0.39 is 5.97 Å². The molecule has 0 saturated carbocycles. The normalized spacial score (nSPS) is 10.7. The van der Waals surface area contributed by atoms with Crippen molar-refractivity contribution in [2.75, 3.05) is 0 Å². The van der Waals surface area contributed by atoms with Crippen LogP contribution in [0.5, 0.6) is 0 Å². The van der Waals surface area contributed by atoms with Crippen molar-refractivity contribution in [1.29, 1.82) is 0 Å². The van der Waals surface area contributed by atoms with Crippen molar-refractivity contribution in [1.82, 2.24) is 4.98 Å². The van der Waals surface area contributed by atoms with Gasteiger partial charge in [0.15, 0.2) is 0 Å². The molecule has 0 atom stereocenters. The van der Waals surface area contributed by atoms with E-state index in [-0.39, 0.29) is 5.56 Å². The quantitative estimate of drug-likeness (QED) is 0.760. The van der Waals surface area contributed by atoms with Gasteiger partial charge in [-0.15, -0.1) is 0 Å². The van der Waals surface area contributed by atoms with Crippen molar-refractivity contribution < 1.29 is 9.90 Å². The van der Waals surface area contributed by atoms with Crippen molar-refractivity contribution in [2.45, 2.75) is 0 Å². The van der Waals surface area contributed by atoms with E-state index >= 15 is 0 Å². The maximum atomic E-state index is 11.5. The van der Waals surface area contributed by atoms with Gasteiger partial charge in [0.1, 0.15) is 0 Å². The molecule has 0 fully saturated rings. The minimum atomic E-state index is -0.951. The summed E-state index contributed by atoms with van der Waals surface area (Å²) in [4.78, 5) is 16.0. The van der Waals surface area contributed by atoms with Crippen LogP contribution < -0.4 is 0 Å². The molecule has 0 saturated heterocycles. The zero-order valence-electron chi connectivity index (χ0n) is 10.4. The van der Waals surface area contributed by atoms with Crippen molar-refractivity contribution in [3.63, 3.8) is 0 Å². The third-order valence-electron chi connectivity index (χ3n) is 3.09. The van der Waals surface area contributed by atoms with Crippen molar-refractivity contribution in [3.05, 3.63) is 64.6 Å². The van der Waals surface area contributed by atoms with Crippen LogP contribution in [0.2, 0.25) is 0 Å². The lowest BCUT2D eigenvalue weighted by atomic mass is 10.0. The number of nitrogens with zero attached hydrogens (tertiary/aromatic N) is 1. The number of para-hydroxylation sites is 1. The van der Waals surface area contributed by atoms with Gasteiger partial charge in [-0.1, -0.05) is 42.5 Å². The third kappa shape index (κ3) is 2.18. The van der Waals surface area contributed by atoms with E-state index in [1.54, 1.807) is 12.1 Å². The zero-order valence-corrected chi connectivity index (χ0v) is 12.0. The van der Waals surface area contributed by atoms with Crippen LogP contribution in [0.4, 0.5) is 0 Å². The number of carbonyl (C=O) groups is 1. The van der Waals surface area contributed by atoms with Gasteiger partial charge < -0.3 is 5.11 Å². The maximum absolute atomic E-state index is 11.5. The van der Waals surface area contributed by atoms with Gasteiger partial charge in [0.05, 0.1) is 16.8 Å². The molecule has 0 bridgehead atoms. The van der Waals surface area contributed by atoms with Gasteiger partial charge in [-0.2, -0.15) is 0 Å². The monoisotopic (exact) mass is 327 g/mol. The lowest BCUT2D eigenvalue weighted by molar-refractivity contribution is 0.0699. The second kappa shape index (κ2) is 5.06. The molecule has 2 aromatic carbocycles. The molecular weight excluding hydrogens is 318 g/mol. The van der Waals surface area contributed by atoms with Gasteiger partial charge >= 0.3 is 5.97 Å². The summed E-state index contributed by atoms with van der Waals surface area (Å²) in [6.45, 7) is 0. The molecule has 1 heterocycles. The van der Waals surface area contributed by atoms with Gasteiger partial charge in [0.2, 0.25) is 0 Å². The summed E-state index contributed by atoms with van der Waals surface area (Å²) in [5, 5.41) is 10.0. The first-order valence-corrected chi connectivity index (χ1v) is 6.84.